The molecule has 0 amide bonds. The van der Waals surface area contributed by atoms with Crippen LogP contribution in [0.15, 0.2) is 204 Å². The molecule has 0 atom stereocenters. The lowest BCUT2D eigenvalue weighted by molar-refractivity contribution is 0.351. The highest BCUT2D eigenvalue weighted by Crippen LogP contribution is 2.45. The third-order valence-corrected chi connectivity index (χ3v) is 16.3. The second-order valence-electron chi connectivity index (χ2n) is 23.8. The van der Waals surface area contributed by atoms with Crippen molar-refractivity contribution in [1.82, 2.24) is 0 Å². The summed E-state index contributed by atoms with van der Waals surface area (Å²) in [4.78, 5) is 60.7. The minimum absolute atomic E-state index is 0.00139. The standard InChI is InChI=1S/2C16H12O7.C16H12O6.C15H10O7.C15H10O6/c1-22-14-3-7(2-11(20)16(14)21)12-6-10(19)15-9(18)4-8(17)5-13(15)23-12;1-22-11-4-7(2-3-9(11)18)16-15(21)14(20)13-10(19)5-8(17)6-12(13)23-16;1-7-2-3-8(4-10(7)18)16-15(21)14(20)13-11(19)5-9(17)6-12(13)22-16;16-7-3-8(17)14-9(18)5-12(22-13(14)4-7)6-1-10(19)15(21)11(20)2-6;16-8-4-11(19)15-12(20)6-13(21-14(15)5-8)7-1-2-9(17)10(18)3-7/h2-6,17-18,20-21H,1H3;2-6,17-19,21H,1H3;2-6,17-19,21H,1H3;1-5,16-17,19-21H;1-6,16-19H. The number of phenolic OH excluding ortho intramolecular Hbond substituents is 19. The van der Waals surface area contributed by atoms with Gasteiger partial charge in [0.25, 0.3) is 0 Å². The van der Waals surface area contributed by atoms with E-state index in [1.165, 1.54) is 80.9 Å². The summed E-state index contributed by atoms with van der Waals surface area (Å²) in [5.74, 6) is -8.48. The van der Waals surface area contributed by atoms with E-state index in [9.17, 15) is 131 Å². The largest absolute Gasteiger partial charge is 0.508 e. The number of benzene rings is 10. The highest BCUT2D eigenvalue weighted by Gasteiger charge is 2.24. The van der Waals surface area contributed by atoms with Crippen LogP contribution in [0.4, 0.5) is 0 Å². The number of hydrogen-bond donors (Lipinski definition) is 21. The van der Waals surface area contributed by atoms with Crippen molar-refractivity contribution in [3.63, 3.8) is 0 Å². The van der Waals surface area contributed by atoms with Crippen molar-refractivity contribution < 1.29 is 139 Å². The van der Waals surface area contributed by atoms with Crippen molar-refractivity contribution >= 4 is 54.8 Å². The molecule has 0 fully saturated rings. The first kappa shape index (κ1) is 75.8. The number of phenols is 19. The fraction of sp³-hybridized carbons (Fsp3) is 0.0385. The van der Waals surface area contributed by atoms with Gasteiger partial charge in [0.05, 0.1) is 14.2 Å². The van der Waals surface area contributed by atoms with Crippen molar-refractivity contribution in [1.29, 1.82) is 0 Å². The second-order valence-corrected chi connectivity index (χ2v) is 23.8. The topological polar surface area (TPSA) is 594 Å². The van der Waals surface area contributed by atoms with Crippen LogP contribution in [-0.4, -0.2) is 121 Å². The Balaban J connectivity index is 0.000000137. The van der Waals surface area contributed by atoms with E-state index in [0.717, 1.165) is 78.9 Å². The van der Waals surface area contributed by atoms with E-state index in [1.54, 1.807) is 19.1 Å². The first-order valence-corrected chi connectivity index (χ1v) is 31.5. The van der Waals surface area contributed by atoms with Crippen LogP contribution in [0.3, 0.4) is 0 Å². The number of ether oxygens (including phenoxy) is 2. The molecule has 111 heavy (non-hydrogen) atoms. The summed E-state index contributed by atoms with van der Waals surface area (Å²) in [6, 6.07) is 31.6. The number of rotatable bonds is 7. The van der Waals surface area contributed by atoms with Gasteiger partial charge in [0.1, 0.15) is 135 Å². The molecule has 0 aliphatic carbocycles. The molecule has 5 heterocycles. The normalized spacial score (nSPS) is 10.9. The summed E-state index contributed by atoms with van der Waals surface area (Å²) in [7, 11) is 2.66. The smallest absolute Gasteiger partial charge is 0.238 e. The van der Waals surface area contributed by atoms with E-state index in [2.05, 4.69) is 0 Å². The van der Waals surface area contributed by atoms with Crippen molar-refractivity contribution in [2.75, 3.05) is 14.2 Å². The predicted molar refractivity (Wildman–Crippen MR) is 392 cm³/mol. The van der Waals surface area contributed by atoms with Crippen molar-refractivity contribution in [2.45, 2.75) is 6.92 Å². The molecule has 10 aromatic carbocycles. The molecule has 0 aliphatic rings. The quantitative estimate of drug-likeness (QED) is 0.0659. The Hall–Kier alpha value is -16.4. The van der Waals surface area contributed by atoms with Gasteiger partial charge < -0.3 is 139 Å². The number of fused-ring (bicyclic) bond motifs is 5. The molecular formula is C78H56O33. The van der Waals surface area contributed by atoms with E-state index in [0.29, 0.717) is 16.7 Å². The zero-order chi connectivity index (χ0) is 80.6. The summed E-state index contributed by atoms with van der Waals surface area (Å²) in [6.45, 7) is 1.70. The van der Waals surface area contributed by atoms with Crippen molar-refractivity contribution in [3.8, 4) is 189 Å². The summed E-state index contributed by atoms with van der Waals surface area (Å²) in [5.41, 5.74) is -1.50. The van der Waals surface area contributed by atoms with Crippen LogP contribution in [0, 0.1) is 6.92 Å². The van der Waals surface area contributed by atoms with Gasteiger partial charge in [-0.1, -0.05) is 12.1 Å². The Morgan fingerprint density at radius 3 is 0.937 bits per heavy atom. The zero-order valence-corrected chi connectivity index (χ0v) is 56.8. The molecule has 15 rings (SSSR count). The number of methoxy groups -OCH3 is 2. The summed E-state index contributed by atoms with van der Waals surface area (Å²) in [6.07, 6.45) is 0. The van der Waals surface area contributed by atoms with Crippen LogP contribution < -0.4 is 36.6 Å². The Kier molecular flexibility index (Phi) is 20.5. The van der Waals surface area contributed by atoms with Crippen molar-refractivity contribution in [2.24, 2.45) is 0 Å². The van der Waals surface area contributed by atoms with Gasteiger partial charge in [-0.3, -0.25) is 24.0 Å². The van der Waals surface area contributed by atoms with E-state index >= 15 is 0 Å². The molecule has 0 saturated heterocycles. The van der Waals surface area contributed by atoms with E-state index in [-0.39, 0.29) is 169 Å². The number of aryl methyl sites for hydroxylation is 1. The molecule has 5 aromatic heterocycles. The lowest BCUT2D eigenvalue weighted by atomic mass is 10.1. The molecule has 0 radical (unpaired) electrons. The van der Waals surface area contributed by atoms with Gasteiger partial charge in [-0.15, -0.1) is 0 Å². The van der Waals surface area contributed by atoms with Gasteiger partial charge in [-0.25, -0.2) is 0 Å². The average molecular weight is 1520 g/mol. The fourth-order valence-electron chi connectivity index (χ4n) is 11.0. The molecule has 0 saturated carbocycles. The second kappa shape index (κ2) is 30.0. The van der Waals surface area contributed by atoms with Gasteiger partial charge in [0, 0.05) is 107 Å². The molecule has 0 unspecified atom stereocenters. The summed E-state index contributed by atoms with van der Waals surface area (Å²) in [5, 5.41) is 201. The maximum absolute atomic E-state index is 12.2. The molecule has 33 heteroatoms. The molecular weight excluding hydrogens is 1460 g/mol. The first-order chi connectivity index (χ1) is 52.5. The average Bonchev–Trinajstić information content (AvgIpc) is 0.774. The minimum atomic E-state index is -0.842. The Morgan fingerprint density at radius 1 is 0.243 bits per heavy atom. The van der Waals surface area contributed by atoms with Crippen LogP contribution in [0.5, 0.6) is 132 Å². The maximum atomic E-state index is 12.2. The van der Waals surface area contributed by atoms with E-state index in [1.807, 2.05) is 0 Å². The fourth-order valence-corrected chi connectivity index (χ4v) is 11.0. The van der Waals surface area contributed by atoms with E-state index < -0.39 is 90.4 Å². The molecule has 21 N–H and O–H groups in total. The number of aromatic hydroxyl groups is 21. The van der Waals surface area contributed by atoms with Crippen LogP contribution in [0.2, 0.25) is 0 Å². The monoisotopic (exact) mass is 1520 g/mol. The molecule has 566 valence electrons. The summed E-state index contributed by atoms with van der Waals surface area (Å²) >= 11 is 0. The van der Waals surface area contributed by atoms with Crippen LogP contribution in [0.1, 0.15) is 5.56 Å². The highest BCUT2D eigenvalue weighted by molar-refractivity contribution is 5.92. The lowest BCUT2D eigenvalue weighted by Crippen LogP contribution is -2.03. The Labute approximate surface area is 615 Å². The van der Waals surface area contributed by atoms with Crippen LogP contribution >= 0.6 is 0 Å². The maximum Gasteiger partial charge on any atom is 0.238 e. The first-order valence-electron chi connectivity index (χ1n) is 31.5. The van der Waals surface area contributed by atoms with Gasteiger partial charge in [-0.2, -0.15) is 0 Å². The van der Waals surface area contributed by atoms with Gasteiger partial charge >= 0.3 is 0 Å². The molecule has 33 nitrogen and oxygen atoms in total. The van der Waals surface area contributed by atoms with Gasteiger partial charge in [-0.05, 0) is 79.2 Å². The molecule has 0 spiro atoms. The Morgan fingerprint density at radius 2 is 0.550 bits per heavy atom. The van der Waals surface area contributed by atoms with Crippen LogP contribution in [-0.2, 0) is 0 Å². The van der Waals surface area contributed by atoms with Gasteiger partial charge in [0.2, 0.25) is 28.1 Å². The number of hydrogen-bond acceptors (Lipinski definition) is 33. The molecule has 0 aliphatic heterocycles. The van der Waals surface area contributed by atoms with Gasteiger partial charge in [0.15, 0.2) is 79.6 Å². The lowest BCUT2D eigenvalue weighted by Gasteiger charge is -2.09. The Bertz CT molecular complexity index is 6580. The SMILES string of the molecule is COc1cc(-c2cc(=O)c3c(O)cc(O)cc3o2)cc(O)c1O.COc1cc(-c2oc3cc(O)cc(O)c3c(=O)c2O)ccc1O.Cc1ccc(-c2oc3cc(O)cc(O)c3c(=O)c2O)cc1O.O=c1cc(-c2cc(O)c(O)c(O)c2)oc2cc(O)cc(O)c12.O=c1cc(-c2ccc(O)c(O)c2)oc2cc(O)cc(O)c12. The van der Waals surface area contributed by atoms with E-state index in [4.69, 9.17) is 31.6 Å². The van der Waals surface area contributed by atoms with Crippen LogP contribution in [0.25, 0.3) is 111 Å². The third kappa shape index (κ3) is 15.3. The zero-order valence-electron chi connectivity index (χ0n) is 56.8. The molecule has 0 bridgehead atoms. The highest BCUT2D eigenvalue weighted by atomic mass is 16.5. The third-order valence-electron chi connectivity index (χ3n) is 16.3. The minimum Gasteiger partial charge on any atom is -0.508 e. The molecule has 15 aromatic rings. The summed E-state index contributed by atoms with van der Waals surface area (Å²) < 4.78 is 37.2. The van der Waals surface area contributed by atoms with Crippen molar-refractivity contribution in [3.05, 3.63) is 214 Å². The predicted octanol–water partition coefficient (Wildman–Crippen LogP) is 11.4.